The topological polar surface area (TPSA) is 45.8 Å². The van der Waals surface area contributed by atoms with Gasteiger partial charge in [-0.2, -0.15) is 5.10 Å². The van der Waals surface area contributed by atoms with Crippen LogP contribution in [0.3, 0.4) is 0 Å². The summed E-state index contributed by atoms with van der Waals surface area (Å²) < 4.78 is 0. The maximum absolute atomic E-state index is 10.7. The maximum atomic E-state index is 10.7. The van der Waals surface area contributed by atoms with Crippen molar-refractivity contribution in [3.8, 4) is 11.3 Å². The van der Waals surface area contributed by atoms with Crippen LogP contribution in [0.5, 0.6) is 0 Å². The molecule has 2 heterocycles. The first-order valence-electron chi connectivity index (χ1n) is 3.87. The van der Waals surface area contributed by atoms with E-state index in [-0.39, 0.29) is 5.56 Å². The minimum absolute atomic E-state index is 0.171. The van der Waals surface area contributed by atoms with Gasteiger partial charge in [0.2, 0.25) is 0 Å². The number of aromatic nitrogens is 2. The van der Waals surface area contributed by atoms with Crippen molar-refractivity contribution in [1.82, 2.24) is 10.2 Å². The third-order valence-electron chi connectivity index (χ3n) is 1.71. The summed E-state index contributed by atoms with van der Waals surface area (Å²) in [6.45, 7) is 2.04. The number of hydrogen-bond acceptors (Lipinski definition) is 3. The van der Waals surface area contributed by atoms with E-state index < -0.39 is 0 Å². The normalized spacial score (nSPS) is 10.2. The van der Waals surface area contributed by atoms with Crippen molar-refractivity contribution in [3.63, 3.8) is 0 Å². The number of thiophene rings is 1. The Morgan fingerprint density at radius 2 is 2.31 bits per heavy atom. The predicted octanol–water partition coefficient (Wildman–Crippen LogP) is 1.81. The maximum Gasteiger partial charge on any atom is 0.264 e. The lowest BCUT2D eigenvalue weighted by atomic mass is 10.2. The first kappa shape index (κ1) is 8.19. The molecule has 1 N–H and O–H groups in total. The van der Waals surface area contributed by atoms with Gasteiger partial charge in [0.25, 0.3) is 5.56 Å². The molecule has 2 aromatic heterocycles. The first-order chi connectivity index (χ1) is 6.25. The summed E-state index contributed by atoms with van der Waals surface area (Å²) in [7, 11) is 0. The number of aryl methyl sites for hydroxylation is 1. The molecule has 3 nitrogen and oxygen atoms in total. The number of rotatable bonds is 1. The van der Waals surface area contributed by atoms with E-state index >= 15 is 0 Å². The minimum atomic E-state index is -0.171. The van der Waals surface area contributed by atoms with Crippen molar-refractivity contribution in [2.75, 3.05) is 0 Å². The molecule has 0 saturated carbocycles. The van der Waals surface area contributed by atoms with Gasteiger partial charge in [0.05, 0.1) is 5.69 Å². The van der Waals surface area contributed by atoms with Crippen molar-refractivity contribution in [1.29, 1.82) is 0 Å². The Labute approximate surface area is 79.1 Å². The van der Waals surface area contributed by atoms with E-state index in [0.717, 1.165) is 11.3 Å². The van der Waals surface area contributed by atoms with Crippen LogP contribution in [0.2, 0.25) is 0 Å². The van der Waals surface area contributed by atoms with E-state index in [1.54, 1.807) is 17.4 Å². The van der Waals surface area contributed by atoms with Gasteiger partial charge in [0.15, 0.2) is 0 Å². The molecular formula is C9H8N2OS. The Hall–Kier alpha value is -1.42. The lowest BCUT2D eigenvalue weighted by Gasteiger charge is -1.92. The van der Waals surface area contributed by atoms with Gasteiger partial charge in [-0.15, -0.1) is 11.3 Å². The van der Waals surface area contributed by atoms with E-state index in [4.69, 9.17) is 0 Å². The fraction of sp³-hybridized carbons (Fsp3) is 0.111. The number of nitrogens with one attached hydrogen (secondary N) is 1. The Morgan fingerprint density at radius 1 is 1.46 bits per heavy atom. The predicted molar refractivity (Wildman–Crippen MR) is 52.9 cm³/mol. The van der Waals surface area contributed by atoms with Crippen LogP contribution >= 0.6 is 11.3 Å². The van der Waals surface area contributed by atoms with Crippen LogP contribution in [0.1, 0.15) is 4.88 Å². The summed E-state index contributed by atoms with van der Waals surface area (Å²) in [4.78, 5) is 12.0. The van der Waals surface area contributed by atoms with Crippen LogP contribution in [0.25, 0.3) is 11.3 Å². The molecule has 0 spiro atoms. The van der Waals surface area contributed by atoms with E-state index in [9.17, 15) is 4.79 Å². The van der Waals surface area contributed by atoms with Gasteiger partial charge in [-0.25, -0.2) is 5.10 Å². The quantitative estimate of drug-likeness (QED) is 0.749. The molecule has 0 aliphatic carbocycles. The Kier molecular flexibility index (Phi) is 1.98. The summed E-state index contributed by atoms with van der Waals surface area (Å²) >= 11 is 1.67. The van der Waals surface area contributed by atoms with Gasteiger partial charge < -0.3 is 0 Å². The lowest BCUT2D eigenvalue weighted by Crippen LogP contribution is -2.05. The molecular weight excluding hydrogens is 184 g/mol. The van der Waals surface area contributed by atoms with Crippen LogP contribution in [0.15, 0.2) is 28.4 Å². The lowest BCUT2D eigenvalue weighted by molar-refractivity contribution is 0.996. The van der Waals surface area contributed by atoms with Crippen LogP contribution in [0.4, 0.5) is 0 Å². The molecule has 4 heteroatoms. The zero-order valence-corrected chi connectivity index (χ0v) is 7.89. The third-order valence-corrected chi connectivity index (χ3v) is 2.57. The molecule has 2 rings (SSSR count). The number of H-pyrrole nitrogens is 1. The molecule has 0 bridgehead atoms. The van der Waals surface area contributed by atoms with Gasteiger partial charge in [-0.1, -0.05) is 0 Å². The summed E-state index contributed by atoms with van der Waals surface area (Å²) in [5.74, 6) is 0. The smallest absolute Gasteiger partial charge is 0.264 e. The van der Waals surface area contributed by atoms with Gasteiger partial charge in [-0.3, -0.25) is 4.79 Å². The zero-order chi connectivity index (χ0) is 9.26. The molecule has 0 amide bonds. The monoisotopic (exact) mass is 192 g/mol. The second kappa shape index (κ2) is 3.14. The Bertz CT molecular complexity index is 452. The zero-order valence-electron chi connectivity index (χ0n) is 7.07. The first-order valence-corrected chi connectivity index (χ1v) is 4.75. The highest BCUT2D eigenvalue weighted by atomic mass is 32.1. The van der Waals surface area contributed by atoms with E-state index in [0.29, 0.717) is 0 Å². The summed E-state index contributed by atoms with van der Waals surface area (Å²) in [6.07, 6.45) is 0. The molecule has 0 radical (unpaired) electrons. The van der Waals surface area contributed by atoms with Crippen LogP contribution in [0, 0.1) is 6.92 Å². The number of aromatic amines is 1. The largest absolute Gasteiger partial charge is 0.268 e. The highest BCUT2D eigenvalue weighted by molar-refractivity contribution is 7.10. The molecule has 0 aliphatic rings. The Morgan fingerprint density at radius 3 is 2.85 bits per heavy atom. The van der Waals surface area contributed by atoms with Crippen molar-refractivity contribution in [2.24, 2.45) is 0 Å². The average Bonchev–Trinajstić information content (AvgIpc) is 2.53. The molecule has 13 heavy (non-hydrogen) atoms. The highest BCUT2D eigenvalue weighted by Gasteiger charge is 2.00. The number of nitrogens with zero attached hydrogens (tertiary/aromatic N) is 1. The minimum Gasteiger partial charge on any atom is -0.268 e. The van der Waals surface area contributed by atoms with Crippen molar-refractivity contribution >= 4 is 11.3 Å². The SMILES string of the molecule is Cc1cc(-c2ccc(=O)[nH]n2)cs1. The van der Waals surface area contributed by atoms with Crippen LogP contribution in [-0.4, -0.2) is 10.2 Å². The molecule has 0 aromatic carbocycles. The van der Waals surface area contributed by atoms with Gasteiger partial charge in [-0.05, 0) is 19.1 Å². The van der Waals surface area contributed by atoms with Crippen molar-refractivity contribution in [2.45, 2.75) is 6.92 Å². The summed E-state index contributed by atoms with van der Waals surface area (Å²) in [6, 6.07) is 5.25. The van der Waals surface area contributed by atoms with E-state index in [1.165, 1.54) is 10.9 Å². The molecule has 66 valence electrons. The molecule has 0 atom stereocenters. The van der Waals surface area contributed by atoms with E-state index in [2.05, 4.69) is 10.2 Å². The van der Waals surface area contributed by atoms with Crippen LogP contribution in [-0.2, 0) is 0 Å². The average molecular weight is 192 g/mol. The van der Waals surface area contributed by atoms with Crippen molar-refractivity contribution < 1.29 is 0 Å². The second-order valence-electron chi connectivity index (χ2n) is 2.75. The number of hydrogen-bond donors (Lipinski definition) is 1. The molecule has 0 saturated heterocycles. The molecule has 0 aliphatic heterocycles. The summed E-state index contributed by atoms with van der Waals surface area (Å²) in [5.41, 5.74) is 1.69. The van der Waals surface area contributed by atoms with Gasteiger partial charge >= 0.3 is 0 Å². The standard InChI is InChI=1S/C9H8N2OS/c1-6-4-7(5-13-6)8-2-3-9(12)11-10-8/h2-5H,1H3,(H,11,12). The highest BCUT2D eigenvalue weighted by Crippen LogP contribution is 2.21. The molecule has 2 aromatic rings. The van der Waals surface area contributed by atoms with Crippen molar-refractivity contribution in [3.05, 3.63) is 38.8 Å². The van der Waals surface area contributed by atoms with E-state index in [1.807, 2.05) is 18.4 Å². The molecule has 0 unspecified atom stereocenters. The third kappa shape index (κ3) is 1.67. The van der Waals surface area contributed by atoms with Gasteiger partial charge in [0, 0.05) is 21.9 Å². The molecule has 0 fully saturated rings. The fourth-order valence-electron chi connectivity index (χ4n) is 1.08. The fourth-order valence-corrected chi connectivity index (χ4v) is 1.78. The van der Waals surface area contributed by atoms with Gasteiger partial charge in [0.1, 0.15) is 0 Å². The van der Waals surface area contributed by atoms with Crippen LogP contribution < -0.4 is 5.56 Å². The second-order valence-corrected chi connectivity index (χ2v) is 3.87. The summed E-state index contributed by atoms with van der Waals surface area (Å²) in [5, 5.41) is 8.36. The Balaban J connectivity index is 2.47.